The third-order valence-electron chi connectivity index (χ3n) is 3.99. The fraction of sp³-hybridized carbons (Fsp3) is 0.150. The second-order valence-corrected chi connectivity index (χ2v) is 7.64. The molecule has 0 aromatic heterocycles. The van der Waals surface area contributed by atoms with Crippen molar-refractivity contribution in [1.29, 1.82) is 0 Å². The summed E-state index contributed by atoms with van der Waals surface area (Å²) in [5.41, 5.74) is 2.41. The second-order valence-electron chi connectivity index (χ2n) is 5.97. The van der Waals surface area contributed by atoms with Gasteiger partial charge in [0.25, 0.3) is 5.91 Å². The maximum atomic E-state index is 13.5. The normalized spacial score (nSPS) is 15.6. The Kier molecular flexibility index (Phi) is 6.03. The predicted octanol–water partition coefficient (Wildman–Crippen LogP) is 4.56. The van der Waals surface area contributed by atoms with Crippen LogP contribution in [0.15, 0.2) is 53.4 Å². The first-order valence-electron chi connectivity index (χ1n) is 8.27. The maximum Gasteiger partial charge on any atom is 0.303 e. The standard InChI is InChI=1S/C20H16FNO3S2/c21-16-7-2-6-15(12-16)14-5-1-4-13(10-14)11-17-19(25)22(20(26)27-17)9-3-8-18(23)24/h1-2,4-7,10-12H,3,8-9H2,(H,23,24)/b17-11-. The SMILES string of the molecule is O=C(O)CCCN1C(=O)/C(=C/c2cccc(-c3cccc(F)c3)c2)SC1=S. The molecular weight excluding hydrogens is 385 g/mol. The molecule has 4 nitrogen and oxygen atoms in total. The molecule has 1 amide bonds. The monoisotopic (exact) mass is 401 g/mol. The van der Waals surface area contributed by atoms with Gasteiger partial charge in [-0.05, 0) is 47.4 Å². The number of rotatable bonds is 6. The summed E-state index contributed by atoms with van der Waals surface area (Å²) < 4.78 is 13.9. The molecule has 0 bridgehead atoms. The molecule has 1 saturated heterocycles. The van der Waals surface area contributed by atoms with E-state index in [4.69, 9.17) is 17.3 Å². The van der Waals surface area contributed by atoms with E-state index in [1.807, 2.05) is 30.3 Å². The van der Waals surface area contributed by atoms with Gasteiger partial charge >= 0.3 is 5.97 Å². The van der Waals surface area contributed by atoms with Crippen LogP contribution in [0.3, 0.4) is 0 Å². The summed E-state index contributed by atoms with van der Waals surface area (Å²) in [5.74, 6) is -1.42. The first kappa shape index (κ1) is 19.3. The van der Waals surface area contributed by atoms with E-state index in [0.717, 1.165) is 16.7 Å². The molecule has 0 radical (unpaired) electrons. The number of carbonyl (C=O) groups excluding carboxylic acids is 1. The fourth-order valence-electron chi connectivity index (χ4n) is 2.71. The number of aliphatic carboxylic acids is 1. The van der Waals surface area contributed by atoms with E-state index in [0.29, 0.717) is 15.6 Å². The van der Waals surface area contributed by atoms with Crippen LogP contribution in [-0.2, 0) is 9.59 Å². The summed E-state index contributed by atoms with van der Waals surface area (Å²) in [6.07, 6.45) is 2.09. The highest BCUT2D eigenvalue weighted by Crippen LogP contribution is 2.33. The molecule has 7 heteroatoms. The first-order chi connectivity index (χ1) is 12.9. The highest BCUT2D eigenvalue weighted by atomic mass is 32.2. The molecule has 1 aliphatic heterocycles. The largest absolute Gasteiger partial charge is 0.481 e. The van der Waals surface area contributed by atoms with Crippen molar-refractivity contribution in [2.45, 2.75) is 12.8 Å². The molecule has 1 fully saturated rings. The van der Waals surface area contributed by atoms with Crippen LogP contribution in [0, 0.1) is 5.82 Å². The van der Waals surface area contributed by atoms with Crippen molar-refractivity contribution in [1.82, 2.24) is 4.90 Å². The average Bonchev–Trinajstić information content (AvgIpc) is 2.89. The molecule has 0 spiro atoms. The Morgan fingerprint density at radius 1 is 1.19 bits per heavy atom. The summed E-state index contributed by atoms with van der Waals surface area (Å²) in [6, 6.07) is 13.8. The van der Waals surface area contributed by atoms with E-state index in [2.05, 4.69) is 0 Å². The van der Waals surface area contributed by atoms with Gasteiger partial charge in [-0.3, -0.25) is 14.5 Å². The minimum absolute atomic E-state index is 0.00815. The van der Waals surface area contributed by atoms with Gasteiger partial charge in [-0.1, -0.05) is 54.3 Å². The third-order valence-corrected chi connectivity index (χ3v) is 5.37. The van der Waals surface area contributed by atoms with Crippen LogP contribution in [0.2, 0.25) is 0 Å². The number of benzene rings is 2. The zero-order valence-electron chi connectivity index (χ0n) is 14.2. The molecule has 138 valence electrons. The number of hydrogen-bond donors (Lipinski definition) is 1. The van der Waals surface area contributed by atoms with Crippen LogP contribution >= 0.6 is 24.0 Å². The van der Waals surface area contributed by atoms with Crippen molar-refractivity contribution in [3.63, 3.8) is 0 Å². The van der Waals surface area contributed by atoms with E-state index in [9.17, 15) is 14.0 Å². The average molecular weight is 401 g/mol. The molecule has 1 N–H and O–H groups in total. The Bertz CT molecular complexity index is 942. The van der Waals surface area contributed by atoms with E-state index in [-0.39, 0.29) is 24.7 Å². The minimum Gasteiger partial charge on any atom is -0.481 e. The van der Waals surface area contributed by atoms with Gasteiger partial charge in [0.05, 0.1) is 4.91 Å². The first-order valence-corrected chi connectivity index (χ1v) is 9.50. The quantitative estimate of drug-likeness (QED) is 0.568. The minimum atomic E-state index is -0.898. The molecule has 0 unspecified atom stereocenters. The van der Waals surface area contributed by atoms with Crippen molar-refractivity contribution in [3.05, 3.63) is 64.8 Å². The van der Waals surface area contributed by atoms with Gasteiger partial charge in [-0.25, -0.2) is 4.39 Å². The van der Waals surface area contributed by atoms with Crippen molar-refractivity contribution in [2.75, 3.05) is 6.54 Å². The molecule has 0 saturated carbocycles. The highest BCUT2D eigenvalue weighted by molar-refractivity contribution is 8.26. The topological polar surface area (TPSA) is 57.6 Å². The number of carboxylic acid groups (broad SMARTS) is 1. The lowest BCUT2D eigenvalue weighted by Crippen LogP contribution is -2.29. The Labute approximate surface area is 165 Å². The van der Waals surface area contributed by atoms with Crippen molar-refractivity contribution in [2.24, 2.45) is 0 Å². The summed E-state index contributed by atoms with van der Waals surface area (Å²) in [7, 11) is 0. The van der Waals surface area contributed by atoms with E-state index >= 15 is 0 Å². The summed E-state index contributed by atoms with van der Waals surface area (Å²) in [5, 5.41) is 8.73. The van der Waals surface area contributed by atoms with Crippen LogP contribution in [0.25, 0.3) is 17.2 Å². The molecule has 0 aliphatic carbocycles. The third kappa shape index (κ3) is 4.81. The van der Waals surface area contributed by atoms with E-state index < -0.39 is 5.97 Å². The van der Waals surface area contributed by atoms with Gasteiger partial charge in [-0.15, -0.1) is 0 Å². The van der Waals surface area contributed by atoms with Crippen LogP contribution in [0.4, 0.5) is 4.39 Å². The highest BCUT2D eigenvalue weighted by Gasteiger charge is 2.31. The zero-order chi connectivity index (χ0) is 19.4. The Morgan fingerprint density at radius 3 is 2.59 bits per heavy atom. The number of hydrogen-bond acceptors (Lipinski definition) is 4. The van der Waals surface area contributed by atoms with Gasteiger partial charge in [0.2, 0.25) is 0 Å². The number of amides is 1. The summed E-state index contributed by atoms with van der Waals surface area (Å²) in [4.78, 5) is 25.1. The fourth-order valence-corrected chi connectivity index (χ4v) is 4.02. The lowest BCUT2D eigenvalue weighted by molar-refractivity contribution is -0.137. The molecule has 3 rings (SSSR count). The molecule has 1 aliphatic rings. The number of nitrogens with zero attached hydrogens (tertiary/aromatic N) is 1. The smallest absolute Gasteiger partial charge is 0.303 e. The molecule has 2 aromatic carbocycles. The summed E-state index contributed by atoms with van der Waals surface area (Å²) >= 11 is 6.45. The van der Waals surface area contributed by atoms with Gasteiger partial charge in [-0.2, -0.15) is 0 Å². The molecular formula is C20H16FNO3S2. The lowest BCUT2D eigenvalue weighted by Gasteiger charge is -2.13. The molecule has 2 aromatic rings. The van der Waals surface area contributed by atoms with Crippen LogP contribution in [0.5, 0.6) is 0 Å². The van der Waals surface area contributed by atoms with Crippen molar-refractivity contribution < 1.29 is 19.1 Å². The van der Waals surface area contributed by atoms with Crippen LogP contribution in [0.1, 0.15) is 18.4 Å². The Morgan fingerprint density at radius 2 is 1.89 bits per heavy atom. The number of thiocarbonyl (C=S) groups is 1. The van der Waals surface area contributed by atoms with Gasteiger partial charge in [0.1, 0.15) is 10.1 Å². The predicted molar refractivity (Wildman–Crippen MR) is 109 cm³/mol. The van der Waals surface area contributed by atoms with Gasteiger partial charge < -0.3 is 5.11 Å². The second kappa shape index (κ2) is 8.45. The van der Waals surface area contributed by atoms with Crippen molar-refractivity contribution in [3.8, 4) is 11.1 Å². The maximum absolute atomic E-state index is 13.5. The van der Waals surface area contributed by atoms with Gasteiger partial charge in [0, 0.05) is 13.0 Å². The number of carboxylic acids is 1. The lowest BCUT2D eigenvalue weighted by atomic mass is 10.0. The van der Waals surface area contributed by atoms with E-state index in [1.165, 1.54) is 28.8 Å². The molecule has 27 heavy (non-hydrogen) atoms. The number of carbonyl (C=O) groups is 2. The zero-order valence-corrected chi connectivity index (χ0v) is 15.9. The van der Waals surface area contributed by atoms with Crippen molar-refractivity contribution >= 4 is 46.3 Å². The van der Waals surface area contributed by atoms with Gasteiger partial charge in [0.15, 0.2) is 0 Å². The number of halogens is 1. The van der Waals surface area contributed by atoms with E-state index in [1.54, 1.807) is 12.1 Å². The Balaban J connectivity index is 1.79. The van der Waals surface area contributed by atoms with Crippen LogP contribution in [-0.4, -0.2) is 32.7 Å². The molecule has 0 atom stereocenters. The number of thioether (sulfide) groups is 1. The van der Waals surface area contributed by atoms with Crippen LogP contribution < -0.4 is 0 Å². The Hall–Kier alpha value is -2.51. The molecule has 1 heterocycles. The summed E-state index contributed by atoms with van der Waals surface area (Å²) in [6.45, 7) is 0.289.